The number of hydrogen-bond acceptors (Lipinski definition) is 21. The molecule has 0 radical (unpaired) electrons. The van der Waals surface area contributed by atoms with Gasteiger partial charge in [0.15, 0.2) is 0 Å². The lowest BCUT2D eigenvalue weighted by Crippen LogP contribution is -2.43. The van der Waals surface area contributed by atoms with Crippen molar-refractivity contribution in [3.63, 3.8) is 0 Å². The predicted molar refractivity (Wildman–Crippen MR) is 543 cm³/mol. The van der Waals surface area contributed by atoms with E-state index in [-0.39, 0.29) is 125 Å². The van der Waals surface area contributed by atoms with Crippen LogP contribution in [0.4, 0.5) is 47.3 Å². The molecular weight excluding hydrogens is 1790 g/mol. The average Bonchev–Trinajstić information content (AvgIpc) is 1.70. The zero-order chi connectivity index (χ0) is 96.3. The number of phenolic OH excluding ortho intramolecular Hbond substituents is 1. The van der Waals surface area contributed by atoms with Crippen molar-refractivity contribution in [1.82, 2.24) is 0 Å². The minimum absolute atomic E-state index is 0.00870. The van der Waals surface area contributed by atoms with Gasteiger partial charge in [-0.2, -0.15) is 13.2 Å². The first kappa shape index (κ1) is 97.3. The normalized spacial score (nSPS) is 26.5. The lowest BCUT2D eigenvalue weighted by atomic mass is 9.82. The van der Waals surface area contributed by atoms with E-state index in [1.807, 2.05) is 54.6 Å². The van der Waals surface area contributed by atoms with Crippen LogP contribution in [0.25, 0.3) is 0 Å². The molecule has 0 amide bonds. The number of ether oxygens (including phenoxy) is 12. The Morgan fingerprint density at radius 3 is 0.791 bits per heavy atom. The van der Waals surface area contributed by atoms with Gasteiger partial charge in [-0.1, -0.05) is 252 Å². The number of aryl methyl sites for hydroxylation is 2. The van der Waals surface area contributed by atoms with Crippen LogP contribution in [0.5, 0.6) is 5.75 Å². The molecule has 24 rings (SSSR count). The van der Waals surface area contributed by atoms with Crippen LogP contribution >= 0.6 is 22.7 Å². The third kappa shape index (κ3) is 21.5. The maximum atomic E-state index is 13.0. The summed E-state index contributed by atoms with van der Waals surface area (Å²) in [6.45, 7) is 31.8. The minimum Gasteiger partial charge on any atom is -0.508 e. The van der Waals surface area contributed by atoms with Crippen LogP contribution in [0.15, 0.2) is 259 Å². The molecule has 18 atom stereocenters. The zero-order valence-electron chi connectivity index (χ0n) is 80.9. The number of aromatic hydroxyl groups is 1. The van der Waals surface area contributed by atoms with Crippen molar-refractivity contribution >= 4 is 56.8 Å². The van der Waals surface area contributed by atoms with E-state index < -0.39 is 17.8 Å². The van der Waals surface area contributed by atoms with Crippen molar-refractivity contribution in [2.75, 3.05) is 111 Å². The molecule has 0 spiro atoms. The monoisotopic (exact) mass is 1920 g/mol. The van der Waals surface area contributed by atoms with Crippen LogP contribution in [-0.4, -0.2) is 121 Å². The fraction of sp³-hybridized carbons (Fsp3) is 0.409. The number of halogens is 3. The highest BCUT2D eigenvalue weighted by Crippen LogP contribution is 2.54. The Kier molecular flexibility index (Phi) is 29.7. The highest BCUT2D eigenvalue weighted by Gasteiger charge is 2.49. The standard InChI is InChI=1S/C21H25NO3.2C19H23NO2S.2C19H21NO2.C18H16F3NO2/c1-21(2,3)14-7-8-17-16(12-14)19-20(25-10-9-24-19)18(22-17)13-5-4-6-15(23)11-13;2*1-19(2,3)12-6-7-14-13(11-12)17-18(22-9-8-21-17)16(20-14)15-5-4-10-23-15;2*1-2-13-8-9-16-15(12-13)18-19(22-11-10-21-18)17(20-16)14-6-4-3-5-7-14;19-18(20,21)12-6-7-14-13(10-12)16-17(24-9-8-23-16)15(22-14)11-4-2-1-3-5-11/h4-8,11-12,18-20,22-23H,9-10H2,1-3H3;2*4-7,10-11,16-18,20H,8-9H2,1-3H3;2*3-9,12,17-20H,2,10-11H2,1H3;1-7,10,15-17,22H,8-9H2/t18-,19+,20-;16-,17+,18-;;17-,18+,19-;;15-,16+,17-/m00.0.0/s1. The predicted octanol–water partition coefficient (Wildman–Crippen LogP) is 25.7. The van der Waals surface area contributed by atoms with Crippen molar-refractivity contribution in [2.45, 2.75) is 221 Å². The highest BCUT2D eigenvalue weighted by molar-refractivity contribution is 7.10. The molecule has 139 heavy (non-hydrogen) atoms. The molecule has 24 heteroatoms. The SMILES string of the molecule is CC(C)(C)c1ccc2c(c1)C1OCCOC1C(c1cccs1)N2.CC(C)(C)c1ccc2c(c1)[C@H]1OCCO[C@H]1[C@H](c1cccc(O)c1)N2.CC(C)(C)c1ccc2c(c1)[C@H]1OCCO[C@H]1[C@H](c1cccs1)N2.CCc1ccc2c(c1)C1OCCOC1C(c1ccccc1)N2.CCc1ccc2c(c1)[C@H]1OCCO[C@H]1[C@H](c1ccccc1)N2.FC(F)(F)c1ccc2c(c1)[C@H]1OCCO[C@H]1[C@H](c1ccccc1)N2. The third-order valence-electron chi connectivity index (χ3n) is 28.2. The molecule has 12 aromatic rings. The van der Waals surface area contributed by atoms with Gasteiger partial charge in [-0.05, 0) is 163 Å². The van der Waals surface area contributed by atoms with Crippen molar-refractivity contribution in [2.24, 2.45) is 0 Å². The molecular formula is C115H129F3N6O13S2. The maximum absolute atomic E-state index is 13.0. The summed E-state index contributed by atoms with van der Waals surface area (Å²) in [6, 6.07) is 84.0. The van der Waals surface area contributed by atoms with Crippen LogP contribution in [0.2, 0.25) is 0 Å². The smallest absolute Gasteiger partial charge is 0.416 e. The second kappa shape index (κ2) is 42.4. The number of hydrogen-bond donors (Lipinski definition) is 7. The Hall–Kier alpha value is -10.5. The summed E-state index contributed by atoms with van der Waals surface area (Å²) in [4.78, 5) is 2.60. The molecule has 6 fully saturated rings. The molecule has 6 saturated heterocycles. The molecule has 730 valence electrons. The minimum atomic E-state index is -4.38. The van der Waals surface area contributed by atoms with Gasteiger partial charge in [-0.3, -0.25) is 0 Å². The van der Waals surface area contributed by atoms with Crippen molar-refractivity contribution in [3.05, 3.63) is 358 Å². The molecule has 2 aromatic heterocycles. The number of thiophene rings is 2. The van der Waals surface area contributed by atoms with Gasteiger partial charge < -0.3 is 93.8 Å². The summed E-state index contributed by atoms with van der Waals surface area (Å²) in [7, 11) is 0. The molecule has 14 heterocycles. The largest absolute Gasteiger partial charge is 0.508 e. The van der Waals surface area contributed by atoms with E-state index >= 15 is 0 Å². The van der Waals surface area contributed by atoms with Crippen molar-refractivity contribution in [3.8, 4) is 5.75 Å². The highest BCUT2D eigenvalue weighted by atomic mass is 32.1. The van der Waals surface area contributed by atoms with Gasteiger partial charge >= 0.3 is 6.18 Å². The van der Waals surface area contributed by atoms with Crippen LogP contribution in [0, 0.1) is 0 Å². The Bertz CT molecular complexity index is 5880. The van der Waals surface area contributed by atoms with E-state index in [0.717, 1.165) is 58.7 Å². The first-order chi connectivity index (χ1) is 67.3. The molecule has 12 aliphatic rings. The fourth-order valence-electron chi connectivity index (χ4n) is 20.9. The number of phenols is 1. The average molecular weight is 1920 g/mol. The summed E-state index contributed by atoms with van der Waals surface area (Å²) in [5, 5.41) is 35.7. The van der Waals surface area contributed by atoms with Gasteiger partial charge in [0, 0.05) is 77.3 Å². The van der Waals surface area contributed by atoms with E-state index in [9.17, 15) is 18.3 Å². The summed E-state index contributed by atoms with van der Waals surface area (Å²) in [5.41, 5.74) is 23.8. The van der Waals surface area contributed by atoms with Gasteiger partial charge in [0.25, 0.3) is 0 Å². The maximum Gasteiger partial charge on any atom is 0.416 e. The van der Waals surface area contributed by atoms with Crippen LogP contribution in [0.3, 0.4) is 0 Å². The zero-order valence-corrected chi connectivity index (χ0v) is 82.5. The third-order valence-corrected chi connectivity index (χ3v) is 30.1. The number of anilines is 6. The lowest BCUT2D eigenvalue weighted by molar-refractivity contribution is -0.152. The van der Waals surface area contributed by atoms with Crippen LogP contribution in [-0.2, 0) is 92.1 Å². The quantitative estimate of drug-likeness (QED) is 0.0756. The first-order valence-corrected chi connectivity index (χ1v) is 50.9. The second-order valence-electron chi connectivity index (χ2n) is 40.4. The molecule has 12 aliphatic heterocycles. The first-order valence-electron chi connectivity index (χ1n) is 49.2. The van der Waals surface area contributed by atoms with Crippen molar-refractivity contribution < 1.29 is 75.1 Å². The Labute approximate surface area is 822 Å². The topological polar surface area (TPSA) is 203 Å². The van der Waals surface area contributed by atoms with Gasteiger partial charge in [-0.15, -0.1) is 22.7 Å². The Morgan fingerprint density at radius 1 is 0.266 bits per heavy atom. The molecule has 7 N–H and O–H groups in total. The van der Waals surface area contributed by atoms with E-state index in [1.165, 1.54) is 88.4 Å². The Morgan fingerprint density at radius 2 is 0.518 bits per heavy atom. The van der Waals surface area contributed by atoms with Gasteiger partial charge in [0.2, 0.25) is 0 Å². The summed E-state index contributed by atoms with van der Waals surface area (Å²) < 4.78 is 112. The van der Waals surface area contributed by atoms with Crippen molar-refractivity contribution in [1.29, 1.82) is 0 Å². The number of rotatable bonds is 8. The fourth-order valence-corrected chi connectivity index (χ4v) is 22.5. The molecule has 19 nitrogen and oxygen atoms in total. The van der Waals surface area contributed by atoms with Gasteiger partial charge in [-0.25, -0.2) is 0 Å². The number of alkyl halides is 3. The number of benzene rings is 10. The van der Waals surface area contributed by atoms with E-state index in [4.69, 9.17) is 56.8 Å². The summed E-state index contributed by atoms with van der Waals surface area (Å²) >= 11 is 3.54. The second-order valence-corrected chi connectivity index (χ2v) is 42.3. The molecule has 6 unspecified atom stereocenters. The molecule has 0 bridgehead atoms. The molecule has 0 saturated carbocycles. The number of fused-ring (bicyclic) bond motifs is 18. The Balaban J connectivity index is 0.000000106. The van der Waals surface area contributed by atoms with Gasteiger partial charge in [0.05, 0.1) is 121 Å². The van der Waals surface area contributed by atoms with E-state index in [2.05, 4.69) is 283 Å². The number of nitrogens with one attached hydrogen (secondary N) is 6. The molecule has 10 aromatic carbocycles. The summed E-state index contributed by atoms with van der Waals surface area (Å²) in [6.07, 6.45) is -3.23. The summed E-state index contributed by atoms with van der Waals surface area (Å²) in [5.74, 6) is 0.265. The van der Waals surface area contributed by atoms with E-state index in [1.54, 1.807) is 34.8 Å². The van der Waals surface area contributed by atoms with Gasteiger partial charge in [0.1, 0.15) is 79.0 Å². The van der Waals surface area contributed by atoms with E-state index in [0.29, 0.717) is 90.5 Å². The molecule has 0 aliphatic carbocycles. The lowest BCUT2D eigenvalue weighted by Gasteiger charge is -2.43. The van der Waals surface area contributed by atoms with Crippen LogP contribution in [0.1, 0.15) is 248 Å². The van der Waals surface area contributed by atoms with Crippen LogP contribution < -0.4 is 31.9 Å².